The number of nitrogens with zero attached hydrogens (tertiary/aromatic N) is 2. The van der Waals surface area contributed by atoms with E-state index in [0.717, 1.165) is 34.8 Å². The highest BCUT2D eigenvalue weighted by molar-refractivity contribution is 5.90. The second-order valence-electron chi connectivity index (χ2n) is 7.93. The van der Waals surface area contributed by atoms with Crippen LogP contribution >= 0.6 is 0 Å². The van der Waals surface area contributed by atoms with Gasteiger partial charge in [-0.15, -0.1) is 0 Å². The highest BCUT2D eigenvalue weighted by atomic mass is 16.5. The summed E-state index contributed by atoms with van der Waals surface area (Å²) in [6.07, 6.45) is 6.25. The van der Waals surface area contributed by atoms with Crippen molar-refractivity contribution < 1.29 is 24.2 Å². The lowest BCUT2D eigenvalue weighted by Gasteiger charge is -2.16. The van der Waals surface area contributed by atoms with Crippen molar-refractivity contribution in [2.75, 3.05) is 26.6 Å². The maximum absolute atomic E-state index is 11.4. The molecule has 9 nitrogen and oxygen atoms in total. The fourth-order valence-corrected chi connectivity index (χ4v) is 3.92. The number of ether oxygens (including phenoxy) is 3. The molecule has 0 saturated carbocycles. The maximum Gasteiger partial charge on any atom is 0.267 e. The fraction of sp³-hybridized carbons (Fsp3) is 0.185. The van der Waals surface area contributed by atoms with Crippen LogP contribution in [0.3, 0.4) is 0 Å². The zero-order valence-electron chi connectivity index (χ0n) is 20.3. The van der Waals surface area contributed by atoms with Crippen molar-refractivity contribution >= 4 is 29.1 Å². The number of carbonyl (C=O) groups is 1. The summed E-state index contributed by atoms with van der Waals surface area (Å²) in [5, 5.41) is 12.2. The number of hydrogen-bond acceptors (Lipinski definition) is 7. The van der Waals surface area contributed by atoms with Gasteiger partial charge in [0.05, 0.1) is 27.0 Å². The average Bonchev–Trinajstić information content (AvgIpc) is 3.26. The number of amides is 1. The normalized spacial score (nSPS) is 11.0. The summed E-state index contributed by atoms with van der Waals surface area (Å²) in [4.78, 5) is 16.3. The molecule has 4 rings (SSSR count). The molecular formula is C27H28N4O5. The van der Waals surface area contributed by atoms with Crippen molar-refractivity contribution in [3.63, 3.8) is 0 Å². The van der Waals surface area contributed by atoms with E-state index in [1.165, 1.54) is 11.6 Å². The lowest BCUT2D eigenvalue weighted by atomic mass is 10.1. The van der Waals surface area contributed by atoms with E-state index >= 15 is 0 Å². The number of imidazole rings is 1. The number of rotatable bonds is 10. The van der Waals surface area contributed by atoms with E-state index in [0.29, 0.717) is 23.7 Å². The molecule has 0 unspecified atom stereocenters. The van der Waals surface area contributed by atoms with Crippen LogP contribution in [0.2, 0.25) is 0 Å². The third-order valence-electron chi connectivity index (χ3n) is 5.67. The maximum atomic E-state index is 11.4. The molecule has 36 heavy (non-hydrogen) atoms. The number of nitrogens with one attached hydrogen (secondary N) is 2. The van der Waals surface area contributed by atoms with Gasteiger partial charge < -0.3 is 19.5 Å². The minimum absolute atomic E-state index is 0.502. The first-order valence-electron chi connectivity index (χ1n) is 11.3. The van der Waals surface area contributed by atoms with E-state index in [4.69, 9.17) is 24.4 Å². The van der Waals surface area contributed by atoms with Gasteiger partial charge in [0.1, 0.15) is 11.5 Å². The van der Waals surface area contributed by atoms with E-state index in [1.807, 2.05) is 53.1 Å². The SMILES string of the molecule is COc1cc(Nc2c(CCc3ccccc3)nc3ccc(/C=C/C(=O)NO)cn23)cc(OC)c1OC. The van der Waals surface area contributed by atoms with Crippen LogP contribution in [0.1, 0.15) is 16.8 Å². The zero-order valence-corrected chi connectivity index (χ0v) is 20.3. The Bertz CT molecular complexity index is 1360. The quantitative estimate of drug-likeness (QED) is 0.172. The van der Waals surface area contributed by atoms with Crippen LogP contribution in [0.15, 0.2) is 66.9 Å². The first-order valence-corrected chi connectivity index (χ1v) is 11.3. The van der Waals surface area contributed by atoms with Crippen LogP contribution < -0.4 is 25.0 Å². The Balaban J connectivity index is 1.77. The first kappa shape index (κ1) is 24.6. The predicted molar refractivity (Wildman–Crippen MR) is 137 cm³/mol. The molecule has 2 heterocycles. The van der Waals surface area contributed by atoms with Crippen LogP contribution in [0.4, 0.5) is 11.5 Å². The smallest absolute Gasteiger partial charge is 0.267 e. The van der Waals surface area contributed by atoms with Gasteiger partial charge in [0, 0.05) is 30.1 Å². The summed E-state index contributed by atoms with van der Waals surface area (Å²) in [6.45, 7) is 0. The van der Waals surface area contributed by atoms with Gasteiger partial charge in [0.25, 0.3) is 5.91 Å². The monoisotopic (exact) mass is 488 g/mol. The Morgan fingerprint density at radius 1 is 1.00 bits per heavy atom. The molecule has 0 saturated heterocycles. The molecule has 0 bridgehead atoms. The fourth-order valence-electron chi connectivity index (χ4n) is 3.92. The summed E-state index contributed by atoms with van der Waals surface area (Å²) in [6, 6.07) is 17.6. The minimum atomic E-state index is -0.611. The predicted octanol–water partition coefficient (Wildman–Crippen LogP) is 4.41. The number of aromatic nitrogens is 2. The molecule has 0 aliphatic heterocycles. The average molecular weight is 489 g/mol. The Labute approximate surface area is 208 Å². The second kappa shape index (κ2) is 11.3. The molecule has 2 aromatic heterocycles. The molecule has 3 N–H and O–H groups in total. The number of benzene rings is 2. The number of fused-ring (bicyclic) bond motifs is 1. The topological polar surface area (TPSA) is 106 Å². The molecule has 0 aliphatic rings. The van der Waals surface area contributed by atoms with Crippen LogP contribution in [-0.2, 0) is 17.6 Å². The van der Waals surface area contributed by atoms with Gasteiger partial charge in [-0.05, 0) is 42.2 Å². The second-order valence-corrected chi connectivity index (χ2v) is 7.93. The number of methoxy groups -OCH3 is 3. The number of hydroxylamine groups is 1. The largest absolute Gasteiger partial charge is 0.493 e. The van der Waals surface area contributed by atoms with Gasteiger partial charge in [-0.3, -0.25) is 14.4 Å². The lowest BCUT2D eigenvalue weighted by Crippen LogP contribution is -2.14. The van der Waals surface area contributed by atoms with Gasteiger partial charge in [0.15, 0.2) is 11.5 Å². The van der Waals surface area contributed by atoms with Crippen LogP contribution in [0.25, 0.3) is 11.7 Å². The van der Waals surface area contributed by atoms with Crippen molar-refractivity contribution in [2.24, 2.45) is 0 Å². The number of pyridine rings is 1. The molecule has 9 heteroatoms. The third-order valence-corrected chi connectivity index (χ3v) is 5.67. The summed E-state index contributed by atoms with van der Waals surface area (Å²) >= 11 is 0. The van der Waals surface area contributed by atoms with Gasteiger partial charge in [0.2, 0.25) is 5.75 Å². The summed E-state index contributed by atoms with van der Waals surface area (Å²) in [7, 11) is 4.70. The van der Waals surface area contributed by atoms with Gasteiger partial charge in [-0.1, -0.05) is 30.3 Å². The van der Waals surface area contributed by atoms with Crippen LogP contribution in [-0.4, -0.2) is 41.8 Å². The van der Waals surface area contributed by atoms with Crippen molar-refractivity contribution in [1.82, 2.24) is 14.9 Å². The minimum Gasteiger partial charge on any atom is -0.493 e. The highest BCUT2D eigenvalue weighted by Crippen LogP contribution is 2.41. The van der Waals surface area contributed by atoms with E-state index in [9.17, 15) is 4.79 Å². The molecule has 186 valence electrons. The molecule has 0 aliphatic carbocycles. The molecule has 2 aromatic carbocycles. The Hall–Kier alpha value is -4.50. The zero-order chi connectivity index (χ0) is 25.5. The van der Waals surface area contributed by atoms with Crippen molar-refractivity contribution in [3.8, 4) is 17.2 Å². The molecule has 1 amide bonds. The molecule has 0 fully saturated rings. The number of hydrogen-bond donors (Lipinski definition) is 3. The number of aryl methyl sites for hydroxylation is 2. The summed E-state index contributed by atoms with van der Waals surface area (Å²) in [5.41, 5.74) is 5.92. The van der Waals surface area contributed by atoms with Crippen molar-refractivity contribution in [1.29, 1.82) is 0 Å². The standard InChI is InChI=1S/C27H28N4O5/c1-34-22-15-20(16-23(35-2)26(22)36-3)28-27-21(12-9-18-7-5-4-6-8-18)29-24-13-10-19(17-31(24)27)11-14-25(32)30-33/h4-8,10-11,13-17,28,33H,9,12H2,1-3H3,(H,30,32)/b14-11+. The Kier molecular flexibility index (Phi) is 7.72. The molecule has 0 spiro atoms. The van der Waals surface area contributed by atoms with E-state index in [2.05, 4.69) is 17.4 Å². The Morgan fingerprint density at radius 2 is 1.72 bits per heavy atom. The van der Waals surface area contributed by atoms with E-state index in [1.54, 1.807) is 32.9 Å². The summed E-state index contributed by atoms with van der Waals surface area (Å²) < 4.78 is 18.4. The molecular weight excluding hydrogens is 460 g/mol. The van der Waals surface area contributed by atoms with Crippen molar-refractivity contribution in [3.05, 3.63) is 83.7 Å². The molecule has 0 atom stereocenters. The highest BCUT2D eigenvalue weighted by Gasteiger charge is 2.17. The Morgan fingerprint density at radius 3 is 2.36 bits per heavy atom. The van der Waals surface area contributed by atoms with E-state index in [-0.39, 0.29) is 0 Å². The van der Waals surface area contributed by atoms with Crippen molar-refractivity contribution in [2.45, 2.75) is 12.8 Å². The summed E-state index contributed by atoms with van der Waals surface area (Å²) in [5.74, 6) is 1.72. The van der Waals surface area contributed by atoms with Gasteiger partial charge >= 0.3 is 0 Å². The molecule has 4 aromatic rings. The lowest BCUT2D eigenvalue weighted by molar-refractivity contribution is -0.124. The number of carbonyl (C=O) groups excluding carboxylic acids is 1. The molecule has 0 radical (unpaired) electrons. The van der Waals surface area contributed by atoms with Crippen LogP contribution in [0.5, 0.6) is 17.2 Å². The first-order chi connectivity index (χ1) is 17.6. The number of anilines is 2. The van der Waals surface area contributed by atoms with Crippen LogP contribution in [0, 0.1) is 0 Å². The third kappa shape index (κ3) is 5.42. The van der Waals surface area contributed by atoms with Gasteiger partial charge in [-0.25, -0.2) is 10.5 Å². The van der Waals surface area contributed by atoms with Gasteiger partial charge in [-0.2, -0.15) is 0 Å². The van der Waals surface area contributed by atoms with E-state index < -0.39 is 5.91 Å².